The molecule has 1 atom stereocenters. The van der Waals surface area contributed by atoms with E-state index in [-0.39, 0.29) is 17.9 Å². The molecule has 176 valence electrons. The predicted molar refractivity (Wildman–Crippen MR) is 130 cm³/mol. The number of ether oxygens (including phenoxy) is 3. The summed E-state index contributed by atoms with van der Waals surface area (Å²) in [4.78, 5) is 25.1. The van der Waals surface area contributed by atoms with Crippen LogP contribution in [-0.2, 0) is 4.74 Å². The molecule has 0 radical (unpaired) electrons. The highest BCUT2D eigenvalue weighted by molar-refractivity contribution is 6.05. The smallest absolute Gasteiger partial charge is 0.255 e. The molecule has 0 aromatic heterocycles. The molecule has 2 amide bonds. The van der Waals surface area contributed by atoms with Crippen molar-refractivity contribution in [1.29, 1.82) is 0 Å². The first-order chi connectivity index (χ1) is 16.7. The highest BCUT2D eigenvalue weighted by Gasteiger charge is 2.17. The lowest BCUT2D eigenvalue weighted by atomic mass is 10.1. The van der Waals surface area contributed by atoms with E-state index < -0.39 is 0 Å². The average Bonchev–Trinajstić information content (AvgIpc) is 3.40. The second-order valence-electron chi connectivity index (χ2n) is 7.91. The van der Waals surface area contributed by atoms with Crippen LogP contribution < -0.4 is 20.1 Å². The largest absolute Gasteiger partial charge is 0.490 e. The summed E-state index contributed by atoms with van der Waals surface area (Å²) in [5.41, 5.74) is 1.52. The Kier molecular flexibility index (Phi) is 8.13. The minimum atomic E-state index is -0.268. The maximum Gasteiger partial charge on any atom is 0.255 e. The van der Waals surface area contributed by atoms with Gasteiger partial charge in [-0.1, -0.05) is 24.3 Å². The maximum absolute atomic E-state index is 12.6. The summed E-state index contributed by atoms with van der Waals surface area (Å²) in [5.74, 6) is 0.987. The van der Waals surface area contributed by atoms with Crippen LogP contribution in [0, 0.1) is 0 Å². The molecule has 1 aliphatic heterocycles. The molecule has 0 saturated carbocycles. The van der Waals surface area contributed by atoms with Crippen LogP contribution in [0.3, 0.4) is 0 Å². The van der Waals surface area contributed by atoms with Crippen LogP contribution in [0.15, 0.2) is 78.9 Å². The van der Waals surface area contributed by atoms with Gasteiger partial charge in [0.25, 0.3) is 11.8 Å². The van der Waals surface area contributed by atoms with Gasteiger partial charge in [-0.3, -0.25) is 9.59 Å². The highest BCUT2D eigenvalue weighted by atomic mass is 16.5. The van der Waals surface area contributed by atoms with Crippen molar-refractivity contribution in [3.05, 3.63) is 90.0 Å². The number of benzene rings is 3. The molecule has 3 aromatic rings. The number of amides is 2. The molecule has 7 heteroatoms. The molecule has 34 heavy (non-hydrogen) atoms. The zero-order valence-corrected chi connectivity index (χ0v) is 18.9. The zero-order chi connectivity index (χ0) is 23.6. The van der Waals surface area contributed by atoms with Crippen molar-refractivity contribution in [2.75, 3.05) is 31.7 Å². The van der Waals surface area contributed by atoms with Gasteiger partial charge in [-0.15, -0.1) is 0 Å². The standard InChI is InChI=1S/C27H28N2O5/c30-26(28-19-25-10-5-15-32-25)21-6-4-7-22(18-21)29-27(31)20-11-13-24(14-12-20)34-17-16-33-23-8-2-1-3-9-23/h1-4,6-9,11-14,18,25H,5,10,15-17,19H2,(H,28,30)(H,29,31). The number of carbonyl (C=O) groups excluding carboxylic acids is 2. The van der Waals surface area contributed by atoms with E-state index in [9.17, 15) is 9.59 Å². The number of para-hydroxylation sites is 1. The normalized spacial score (nSPS) is 14.9. The predicted octanol–water partition coefficient (Wildman–Crippen LogP) is 4.31. The number of carbonyl (C=O) groups is 2. The monoisotopic (exact) mass is 460 g/mol. The molecule has 1 unspecified atom stereocenters. The topological polar surface area (TPSA) is 85.9 Å². The summed E-state index contributed by atoms with van der Waals surface area (Å²) >= 11 is 0. The lowest BCUT2D eigenvalue weighted by molar-refractivity contribution is 0.0857. The van der Waals surface area contributed by atoms with Gasteiger partial charge in [-0.05, 0) is 67.4 Å². The van der Waals surface area contributed by atoms with Crippen LogP contribution in [0.4, 0.5) is 5.69 Å². The van der Waals surface area contributed by atoms with Crippen LogP contribution in [-0.4, -0.2) is 44.3 Å². The third kappa shape index (κ3) is 6.83. The summed E-state index contributed by atoms with van der Waals surface area (Å²) in [5, 5.41) is 5.73. The molecule has 7 nitrogen and oxygen atoms in total. The summed E-state index contributed by atoms with van der Waals surface area (Å²) in [6.45, 7) is 2.05. The Morgan fingerprint density at radius 1 is 0.824 bits per heavy atom. The summed E-state index contributed by atoms with van der Waals surface area (Å²) in [7, 11) is 0. The number of anilines is 1. The van der Waals surface area contributed by atoms with Crippen molar-refractivity contribution in [2.24, 2.45) is 0 Å². The Hall–Kier alpha value is -3.84. The Balaban J connectivity index is 1.24. The van der Waals surface area contributed by atoms with Gasteiger partial charge >= 0.3 is 0 Å². The van der Waals surface area contributed by atoms with Crippen molar-refractivity contribution in [3.63, 3.8) is 0 Å². The van der Waals surface area contributed by atoms with E-state index in [2.05, 4.69) is 10.6 Å². The number of rotatable bonds is 10. The zero-order valence-electron chi connectivity index (χ0n) is 18.9. The van der Waals surface area contributed by atoms with Crippen molar-refractivity contribution in [2.45, 2.75) is 18.9 Å². The summed E-state index contributed by atoms with van der Waals surface area (Å²) in [6.07, 6.45) is 2.06. The lowest BCUT2D eigenvalue weighted by Crippen LogP contribution is -2.31. The minimum Gasteiger partial charge on any atom is -0.490 e. The third-order valence-electron chi connectivity index (χ3n) is 5.38. The molecule has 1 saturated heterocycles. The number of nitrogens with one attached hydrogen (secondary N) is 2. The fraction of sp³-hybridized carbons (Fsp3) is 0.259. The van der Waals surface area contributed by atoms with Crippen LogP contribution in [0.5, 0.6) is 11.5 Å². The Morgan fingerprint density at radius 2 is 1.56 bits per heavy atom. The van der Waals surface area contributed by atoms with Gasteiger partial charge < -0.3 is 24.8 Å². The van der Waals surface area contributed by atoms with Crippen molar-refractivity contribution in [1.82, 2.24) is 5.32 Å². The second kappa shape index (κ2) is 11.9. The average molecular weight is 461 g/mol. The summed E-state index contributed by atoms with van der Waals surface area (Å²) < 4.78 is 16.8. The Morgan fingerprint density at radius 3 is 2.26 bits per heavy atom. The molecular weight excluding hydrogens is 432 g/mol. The Bertz CT molecular complexity index is 1080. The first-order valence-electron chi connectivity index (χ1n) is 11.4. The molecule has 1 fully saturated rings. The van der Waals surface area contributed by atoms with E-state index >= 15 is 0 Å². The SMILES string of the molecule is O=C(NCC1CCCO1)c1cccc(NC(=O)c2ccc(OCCOc3ccccc3)cc2)c1. The molecule has 0 aliphatic carbocycles. The molecule has 0 bridgehead atoms. The minimum absolute atomic E-state index is 0.0789. The molecule has 0 spiro atoms. The fourth-order valence-corrected chi connectivity index (χ4v) is 3.59. The van der Waals surface area contributed by atoms with Gasteiger partial charge in [-0.25, -0.2) is 0 Å². The van der Waals surface area contributed by atoms with Crippen molar-refractivity contribution < 1.29 is 23.8 Å². The van der Waals surface area contributed by atoms with E-state index in [0.29, 0.717) is 42.3 Å². The van der Waals surface area contributed by atoms with Gasteiger partial charge in [0.15, 0.2) is 0 Å². The van der Waals surface area contributed by atoms with Gasteiger partial charge in [0.05, 0.1) is 6.10 Å². The molecule has 4 rings (SSSR count). The van der Waals surface area contributed by atoms with Crippen LogP contribution >= 0.6 is 0 Å². The third-order valence-corrected chi connectivity index (χ3v) is 5.38. The fourth-order valence-electron chi connectivity index (χ4n) is 3.59. The van der Waals surface area contributed by atoms with E-state index in [1.54, 1.807) is 48.5 Å². The maximum atomic E-state index is 12.6. The molecule has 2 N–H and O–H groups in total. The summed E-state index contributed by atoms with van der Waals surface area (Å²) in [6, 6.07) is 23.3. The second-order valence-corrected chi connectivity index (χ2v) is 7.91. The quantitative estimate of drug-likeness (QED) is 0.441. The van der Waals surface area contributed by atoms with Gasteiger partial charge in [0, 0.05) is 30.0 Å². The molecule has 3 aromatic carbocycles. The van der Waals surface area contributed by atoms with E-state index in [1.165, 1.54) is 0 Å². The van der Waals surface area contributed by atoms with Crippen LogP contribution in [0.2, 0.25) is 0 Å². The highest BCUT2D eigenvalue weighted by Crippen LogP contribution is 2.16. The van der Waals surface area contributed by atoms with E-state index in [4.69, 9.17) is 14.2 Å². The van der Waals surface area contributed by atoms with E-state index in [0.717, 1.165) is 25.2 Å². The molecule has 1 heterocycles. The molecular formula is C27H28N2O5. The Labute approximate surface area is 199 Å². The van der Waals surface area contributed by atoms with Gasteiger partial charge in [0.2, 0.25) is 0 Å². The van der Waals surface area contributed by atoms with Crippen molar-refractivity contribution in [3.8, 4) is 11.5 Å². The van der Waals surface area contributed by atoms with Crippen molar-refractivity contribution >= 4 is 17.5 Å². The number of hydrogen-bond acceptors (Lipinski definition) is 5. The van der Waals surface area contributed by atoms with Crippen LogP contribution in [0.25, 0.3) is 0 Å². The molecule has 1 aliphatic rings. The van der Waals surface area contributed by atoms with Gasteiger partial charge in [-0.2, -0.15) is 0 Å². The first-order valence-corrected chi connectivity index (χ1v) is 11.4. The van der Waals surface area contributed by atoms with Gasteiger partial charge in [0.1, 0.15) is 24.7 Å². The number of hydrogen-bond donors (Lipinski definition) is 2. The van der Waals surface area contributed by atoms with Crippen LogP contribution in [0.1, 0.15) is 33.6 Å². The van der Waals surface area contributed by atoms with E-state index in [1.807, 2.05) is 30.3 Å². The lowest BCUT2D eigenvalue weighted by Gasteiger charge is -2.12. The first kappa shape index (κ1) is 23.3.